The molecule has 0 atom stereocenters. The van der Waals surface area contributed by atoms with E-state index in [1.807, 2.05) is 84.2 Å². The number of aromatic nitrogens is 3. The second-order valence-electron chi connectivity index (χ2n) is 14.1. The van der Waals surface area contributed by atoms with Gasteiger partial charge >= 0.3 is 0 Å². The molecule has 0 spiro atoms. The van der Waals surface area contributed by atoms with Crippen LogP contribution in [0.2, 0.25) is 0 Å². The Morgan fingerprint density at radius 1 is 0.276 bits per heavy atom. The molecule has 0 N–H and O–H groups in total. The van der Waals surface area contributed by atoms with Gasteiger partial charge in [0.1, 0.15) is 0 Å². The highest BCUT2D eigenvalue weighted by Crippen LogP contribution is 2.54. The molecule has 0 amide bonds. The molecule has 0 bridgehead atoms. The van der Waals surface area contributed by atoms with Crippen molar-refractivity contribution in [3.05, 3.63) is 200 Å². The van der Waals surface area contributed by atoms with E-state index in [-0.39, 0.29) is 0 Å². The van der Waals surface area contributed by atoms with Crippen LogP contribution in [0.15, 0.2) is 220 Å². The minimum absolute atomic E-state index is 0.637. The van der Waals surface area contributed by atoms with E-state index >= 15 is 0 Å². The summed E-state index contributed by atoms with van der Waals surface area (Å²) in [4.78, 5) is 24.5. The Hall–Kier alpha value is -6.93. The summed E-state index contributed by atoms with van der Waals surface area (Å²) in [6, 6.07) is 70.5. The summed E-state index contributed by atoms with van der Waals surface area (Å²) in [5.74, 6) is 1.93. The molecular formula is C51H33N5S2. The van der Waals surface area contributed by atoms with Gasteiger partial charge in [-0.3, -0.25) is 0 Å². The molecule has 0 fully saturated rings. The first-order valence-corrected chi connectivity index (χ1v) is 20.8. The zero-order valence-corrected chi connectivity index (χ0v) is 32.7. The Labute approximate surface area is 345 Å². The van der Waals surface area contributed by atoms with Crippen molar-refractivity contribution in [2.45, 2.75) is 19.6 Å². The van der Waals surface area contributed by atoms with Gasteiger partial charge < -0.3 is 9.80 Å². The second kappa shape index (κ2) is 14.5. The zero-order chi connectivity index (χ0) is 38.4. The Kier molecular flexibility index (Phi) is 8.60. The monoisotopic (exact) mass is 779 g/mol. The van der Waals surface area contributed by atoms with Crippen molar-refractivity contribution in [2.75, 3.05) is 9.80 Å². The van der Waals surface area contributed by atoms with Crippen molar-refractivity contribution in [2.24, 2.45) is 0 Å². The number of benzene rings is 8. The lowest BCUT2D eigenvalue weighted by Crippen LogP contribution is -2.15. The maximum absolute atomic E-state index is 4.97. The molecule has 0 saturated carbocycles. The van der Waals surface area contributed by atoms with Gasteiger partial charge in [-0.2, -0.15) is 0 Å². The van der Waals surface area contributed by atoms with Crippen LogP contribution in [-0.2, 0) is 0 Å². The standard InChI is InChI=1S/C51H33N5S2/c1-4-14-34(15-5-1)49-52-50(35-16-6-2-7-17-35)54-51(53-49)36-24-28-40(29-25-36)56-42-21-11-13-23-46(42)58-48-33-38(27-31-44(48)56)37-26-30-43-47(32-37)57-45-22-12-10-20-41(45)55(43)39-18-8-3-9-19-39/h1-33H. The van der Waals surface area contributed by atoms with Crippen molar-refractivity contribution >= 4 is 57.6 Å². The van der Waals surface area contributed by atoms with Crippen LogP contribution < -0.4 is 9.80 Å². The molecule has 274 valence electrons. The third-order valence-corrected chi connectivity index (χ3v) is 12.7. The molecular weight excluding hydrogens is 747 g/mol. The Balaban J connectivity index is 0.954. The fourth-order valence-corrected chi connectivity index (χ4v) is 9.90. The van der Waals surface area contributed by atoms with Gasteiger partial charge in [0.2, 0.25) is 0 Å². The molecule has 58 heavy (non-hydrogen) atoms. The summed E-state index contributed by atoms with van der Waals surface area (Å²) in [7, 11) is 0. The highest BCUT2D eigenvalue weighted by Gasteiger charge is 2.27. The molecule has 3 heterocycles. The van der Waals surface area contributed by atoms with Gasteiger partial charge in [-0.25, -0.2) is 15.0 Å². The molecule has 2 aliphatic rings. The van der Waals surface area contributed by atoms with Gasteiger partial charge in [0, 0.05) is 47.6 Å². The summed E-state index contributed by atoms with van der Waals surface area (Å²) in [6.07, 6.45) is 0. The van der Waals surface area contributed by atoms with Crippen LogP contribution in [0.4, 0.5) is 34.1 Å². The van der Waals surface area contributed by atoms with E-state index in [9.17, 15) is 0 Å². The van der Waals surface area contributed by atoms with Crippen LogP contribution in [0, 0.1) is 0 Å². The maximum Gasteiger partial charge on any atom is 0.164 e. The van der Waals surface area contributed by atoms with Gasteiger partial charge in [0.15, 0.2) is 17.5 Å². The minimum atomic E-state index is 0.637. The molecule has 7 heteroatoms. The van der Waals surface area contributed by atoms with Gasteiger partial charge in [-0.1, -0.05) is 139 Å². The Morgan fingerprint density at radius 3 is 1.09 bits per heavy atom. The number of nitrogens with zero attached hydrogens (tertiary/aromatic N) is 5. The van der Waals surface area contributed by atoms with E-state index in [4.69, 9.17) is 15.0 Å². The van der Waals surface area contributed by atoms with Crippen molar-refractivity contribution in [3.63, 3.8) is 0 Å². The number of hydrogen-bond donors (Lipinski definition) is 0. The van der Waals surface area contributed by atoms with Crippen molar-refractivity contribution < 1.29 is 0 Å². The predicted octanol–water partition coefficient (Wildman–Crippen LogP) is 14.4. The van der Waals surface area contributed by atoms with Gasteiger partial charge in [0.05, 0.1) is 22.7 Å². The fraction of sp³-hybridized carbons (Fsp3) is 0. The Bertz CT molecular complexity index is 2900. The maximum atomic E-state index is 4.97. The lowest BCUT2D eigenvalue weighted by Gasteiger charge is -2.34. The van der Waals surface area contributed by atoms with Crippen molar-refractivity contribution in [1.82, 2.24) is 15.0 Å². The molecule has 8 aromatic carbocycles. The first-order valence-electron chi connectivity index (χ1n) is 19.2. The average molecular weight is 780 g/mol. The zero-order valence-electron chi connectivity index (χ0n) is 31.1. The van der Waals surface area contributed by atoms with E-state index in [1.165, 1.54) is 42.1 Å². The number of rotatable bonds is 6. The number of para-hydroxylation sites is 3. The van der Waals surface area contributed by atoms with Crippen LogP contribution in [0.25, 0.3) is 45.3 Å². The SMILES string of the molecule is c1ccc(-c2nc(-c3ccccc3)nc(-c3ccc(N4c5ccccc5Sc5cc(-c6ccc7c(c6)Sc6ccccc6N7c6ccccc6)ccc54)cc3)n2)cc1. The summed E-state index contributed by atoms with van der Waals surface area (Å²) in [5.41, 5.74) is 12.1. The molecule has 9 aromatic rings. The highest BCUT2D eigenvalue weighted by atomic mass is 32.2. The quantitative estimate of drug-likeness (QED) is 0.166. The largest absolute Gasteiger partial charge is 0.308 e. The van der Waals surface area contributed by atoms with E-state index < -0.39 is 0 Å². The third kappa shape index (κ3) is 6.22. The minimum Gasteiger partial charge on any atom is -0.308 e. The van der Waals surface area contributed by atoms with E-state index in [2.05, 4.69) is 149 Å². The van der Waals surface area contributed by atoms with Crippen molar-refractivity contribution in [3.8, 4) is 45.3 Å². The summed E-state index contributed by atoms with van der Waals surface area (Å²) in [5, 5.41) is 0. The average Bonchev–Trinajstić information content (AvgIpc) is 3.30. The van der Waals surface area contributed by atoms with Crippen LogP contribution in [0.5, 0.6) is 0 Å². The fourth-order valence-electron chi connectivity index (χ4n) is 7.70. The molecule has 0 radical (unpaired) electrons. The summed E-state index contributed by atoms with van der Waals surface area (Å²) in [6.45, 7) is 0. The summed E-state index contributed by atoms with van der Waals surface area (Å²) < 4.78 is 0. The number of fused-ring (bicyclic) bond motifs is 4. The van der Waals surface area contributed by atoms with E-state index in [0.717, 1.165) is 39.4 Å². The van der Waals surface area contributed by atoms with Gasteiger partial charge in [-0.05, 0) is 96.1 Å². The lowest BCUT2D eigenvalue weighted by molar-refractivity contribution is 1.07. The molecule has 2 aliphatic heterocycles. The molecule has 5 nitrogen and oxygen atoms in total. The van der Waals surface area contributed by atoms with Crippen molar-refractivity contribution in [1.29, 1.82) is 0 Å². The molecule has 11 rings (SSSR count). The predicted molar refractivity (Wildman–Crippen MR) is 239 cm³/mol. The summed E-state index contributed by atoms with van der Waals surface area (Å²) >= 11 is 3.66. The molecule has 1 aromatic heterocycles. The first kappa shape index (κ1) is 34.3. The number of hydrogen-bond acceptors (Lipinski definition) is 7. The molecule has 0 aliphatic carbocycles. The van der Waals surface area contributed by atoms with E-state index in [0.29, 0.717) is 17.5 Å². The van der Waals surface area contributed by atoms with Crippen LogP contribution in [0.3, 0.4) is 0 Å². The van der Waals surface area contributed by atoms with Crippen LogP contribution >= 0.6 is 23.5 Å². The van der Waals surface area contributed by atoms with Crippen LogP contribution in [-0.4, -0.2) is 15.0 Å². The molecule has 0 saturated heterocycles. The first-order chi connectivity index (χ1) is 28.7. The van der Waals surface area contributed by atoms with Crippen LogP contribution in [0.1, 0.15) is 0 Å². The van der Waals surface area contributed by atoms with Gasteiger partial charge in [0.25, 0.3) is 0 Å². The second-order valence-corrected chi connectivity index (χ2v) is 16.3. The number of anilines is 6. The molecule has 0 unspecified atom stereocenters. The van der Waals surface area contributed by atoms with E-state index in [1.54, 1.807) is 0 Å². The topological polar surface area (TPSA) is 45.2 Å². The smallest absolute Gasteiger partial charge is 0.164 e. The van der Waals surface area contributed by atoms with Gasteiger partial charge in [-0.15, -0.1) is 0 Å². The third-order valence-electron chi connectivity index (χ3n) is 10.5. The highest BCUT2D eigenvalue weighted by molar-refractivity contribution is 8.00. The normalized spacial score (nSPS) is 12.6. The Morgan fingerprint density at radius 2 is 0.621 bits per heavy atom. The lowest BCUT2D eigenvalue weighted by atomic mass is 10.0.